The maximum atomic E-state index is 12.2. The van der Waals surface area contributed by atoms with E-state index < -0.39 is 12.1 Å². The van der Waals surface area contributed by atoms with E-state index in [-0.39, 0.29) is 12.5 Å². The third kappa shape index (κ3) is 26.5. The van der Waals surface area contributed by atoms with Gasteiger partial charge in [-0.25, -0.2) is 0 Å². The first-order valence-electron chi connectivity index (χ1n) is 16.4. The molecule has 0 aromatic rings. The molecule has 2 atom stereocenters. The minimum atomic E-state index is -0.656. The van der Waals surface area contributed by atoms with Gasteiger partial charge in [0, 0.05) is 6.42 Å². The van der Waals surface area contributed by atoms with Crippen molar-refractivity contribution >= 4 is 5.91 Å². The first kappa shape index (κ1) is 36.1. The van der Waals surface area contributed by atoms with Crippen molar-refractivity contribution in [2.24, 2.45) is 0 Å². The zero-order valence-corrected chi connectivity index (χ0v) is 25.0. The van der Waals surface area contributed by atoms with Crippen LogP contribution in [0.2, 0.25) is 0 Å². The average Bonchev–Trinajstić information content (AvgIpc) is 2.90. The van der Waals surface area contributed by atoms with Crippen LogP contribution in [0.1, 0.15) is 174 Å². The van der Waals surface area contributed by atoms with Gasteiger partial charge in [0.05, 0.1) is 18.8 Å². The van der Waals surface area contributed by atoms with Gasteiger partial charge in [0.15, 0.2) is 0 Å². The molecule has 0 aliphatic rings. The summed E-state index contributed by atoms with van der Waals surface area (Å²) in [6.45, 7) is 4.31. The fourth-order valence-corrected chi connectivity index (χ4v) is 4.94. The smallest absolute Gasteiger partial charge is 0.220 e. The standard InChI is InChI=1S/C33H65NO3/c1-3-5-7-9-11-13-15-17-18-20-22-24-26-28-32(36)31(30-35)34-33(37)29-27-25-23-21-19-16-14-12-10-8-6-4-2/h12,14,31-32,35-36H,3-11,13,15-30H2,1-2H3,(H,34,37)/b14-12-. The highest BCUT2D eigenvalue weighted by molar-refractivity contribution is 5.76. The maximum Gasteiger partial charge on any atom is 0.220 e. The Hall–Kier alpha value is -0.870. The number of aliphatic hydroxyl groups is 2. The van der Waals surface area contributed by atoms with Gasteiger partial charge in [0.2, 0.25) is 5.91 Å². The first-order valence-corrected chi connectivity index (χ1v) is 16.4. The minimum Gasteiger partial charge on any atom is -0.394 e. The molecule has 220 valence electrons. The molecular weight excluding hydrogens is 458 g/mol. The summed E-state index contributed by atoms with van der Waals surface area (Å²) in [6.07, 6.45) is 33.9. The Morgan fingerprint density at radius 2 is 1.03 bits per heavy atom. The van der Waals surface area contributed by atoms with Gasteiger partial charge < -0.3 is 15.5 Å². The molecule has 0 aromatic carbocycles. The minimum absolute atomic E-state index is 0.0431. The largest absolute Gasteiger partial charge is 0.394 e. The zero-order valence-electron chi connectivity index (χ0n) is 25.0. The number of unbranched alkanes of at least 4 members (excludes halogenated alkanes) is 20. The van der Waals surface area contributed by atoms with E-state index in [1.54, 1.807) is 0 Å². The van der Waals surface area contributed by atoms with Gasteiger partial charge in [0.1, 0.15) is 0 Å². The number of allylic oxidation sites excluding steroid dienone is 2. The van der Waals surface area contributed by atoms with Crippen LogP contribution in [0.3, 0.4) is 0 Å². The molecule has 0 radical (unpaired) electrons. The molecule has 0 saturated carbocycles. The molecule has 0 bridgehead atoms. The van der Waals surface area contributed by atoms with Gasteiger partial charge in [-0.2, -0.15) is 0 Å². The Morgan fingerprint density at radius 3 is 1.54 bits per heavy atom. The summed E-state index contributed by atoms with van der Waals surface area (Å²) in [5.41, 5.74) is 0. The lowest BCUT2D eigenvalue weighted by Crippen LogP contribution is -2.45. The zero-order chi connectivity index (χ0) is 27.2. The summed E-state index contributed by atoms with van der Waals surface area (Å²) >= 11 is 0. The van der Waals surface area contributed by atoms with Crippen LogP contribution in [-0.4, -0.2) is 34.9 Å². The number of carbonyl (C=O) groups is 1. The normalized spacial score (nSPS) is 13.3. The van der Waals surface area contributed by atoms with E-state index >= 15 is 0 Å². The Bertz CT molecular complexity index is 494. The fourth-order valence-electron chi connectivity index (χ4n) is 4.94. The Kier molecular flexibility index (Phi) is 29.0. The van der Waals surface area contributed by atoms with Crippen molar-refractivity contribution in [1.29, 1.82) is 0 Å². The van der Waals surface area contributed by atoms with E-state index in [9.17, 15) is 15.0 Å². The molecule has 0 saturated heterocycles. The molecule has 0 aliphatic heterocycles. The lowest BCUT2D eigenvalue weighted by Gasteiger charge is -2.22. The number of carbonyl (C=O) groups excluding carboxylic acids is 1. The molecular formula is C33H65NO3. The summed E-state index contributed by atoms with van der Waals surface area (Å²) in [4.78, 5) is 12.2. The number of hydrogen-bond acceptors (Lipinski definition) is 3. The molecule has 0 rings (SSSR count). The van der Waals surface area contributed by atoms with Crippen molar-refractivity contribution in [3.05, 3.63) is 12.2 Å². The number of hydrogen-bond donors (Lipinski definition) is 3. The molecule has 0 aliphatic carbocycles. The van der Waals surface area contributed by atoms with Crippen molar-refractivity contribution in [2.75, 3.05) is 6.61 Å². The van der Waals surface area contributed by atoms with Crippen LogP contribution >= 0.6 is 0 Å². The molecule has 37 heavy (non-hydrogen) atoms. The molecule has 2 unspecified atom stereocenters. The third-order valence-electron chi connectivity index (χ3n) is 7.53. The van der Waals surface area contributed by atoms with Gasteiger partial charge in [-0.15, -0.1) is 0 Å². The van der Waals surface area contributed by atoms with Crippen molar-refractivity contribution in [2.45, 2.75) is 187 Å². The fraction of sp³-hybridized carbons (Fsp3) is 0.909. The molecule has 3 N–H and O–H groups in total. The second-order valence-electron chi connectivity index (χ2n) is 11.2. The molecule has 0 spiro atoms. The topological polar surface area (TPSA) is 69.6 Å². The maximum absolute atomic E-state index is 12.2. The summed E-state index contributed by atoms with van der Waals surface area (Å²) < 4.78 is 0. The van der Waals surface area contributed by atoms with Gasteiger partial charge >= 0.3 is 0 Å². The van der Waals surface area contributed by atoms with Crippen LogP contribution in [0.5, 0.6) is 0 Å². The predicted molar refractivity (Wildman–Crippen MR) is 161 cm³/mol. The van der Waals surface area contributed by atoms with Crippen molar-refractivity contribution < 1.29 is 15.0 Å². The van der Waals surface area contributed by atoms with Crippen LogP contribution in [0.4, 0.5) is 0 Å². The Balaban J connectivity index is 3.60. The van der Waals surface area contributed by atoms with Gasteiger partial charge in [0.25, 0.3) is 0 Å². The predicted octanol–water partition coefficient (Wildman–Crippen LogP) is 9.17. The quantitative estimate of drug-likeness (QED) is 0.0676. The van der Waals surface area contributed by atoms with Crippen LogP contribution < -0.4 is 5.32 Å². The molecule has 0 aromatic heterocycles. The van der Waals surface area contributed by atoms with Crippen LogP contribution in [0, 0.1) is 0 Å². The van der Waals surface area contributed by atoms with Gasteiger partial charge in [-0.1, -0.05) is 142 Å². The Labute approximate surface area is 231 Å². The Morgan fingerprint density at radius 1 is 0.622 bits per heavy atom. The molecule has 4 heteroatoms. The van der Waals surface area contributed by atoms with Crippen molar-refractivity contribution in [1.82, 2.24) is 5.32 Å². The summed E-state index contributed by atoms with van der Waals surface area (Å²) in [7, 11) is 0. The van der Waals surface area contributed by atoms with E-state index in [1.165, 1.54) is 122 Å². The lowest BCUT2D eigenvalue weighted by molar-refractivity contribution is -0.123. The average molecular weight is 524 g/mol. The summed E-state index contributed by atoms with van der Waals surface area (Å²) in [5, 5.41) is 22.9. The number of aliphatic hydroxyl groups excluding tert-OH is 2. The van der Waals surface area contributed by atoms with Gasteiger partial charge in [-0.05, 0) is 38.5 Å². The van der Waals surface area contributed by atoms with Crippen LogP contribution in [-0.2, 0) is 4.79 Å². The second kappa shape index (κ2) is 29.7. The molecule has 1 amide bonds. The number of rotatable bonds is 29. The van der Waals surface area contributed by atoms with E-state index in [0.717, 1.165) is 25.7 Å². The van der Waals surface area contributed by atoms with Crippen molar-refractivity contribution in [3.63, 3.8) is 0 Å². The van der Waals surface area contributed by atoms with Crippen LogP contribution in [0.25, 0.3) is 0 Å². The highest BCUT2D eigenvalue weighted by atomic mass is 16.3. The second-order valence-corrected chi connectivity index (χ2v) is 11.2. The van der Waals surface area contributed by atoms with Gasteiger partial charge in [-0.3, -0.25) is 4.79 Å². The monoisotopic (exact) mass is 523 g/mol. The van der Waals surface area contributed by atoms with E-state index in [1.807, 2.05) is 0 Å². The summed E-state index contributed by atoms with van der Waals surface area (Å²) in [6, 6.07) is -0.533. The SMILES string of the molecule is CCCCC/C=C\CCCCCCCC(=O)NC(CO)C(O)CCCCCCCCCCCCCCC. The number of nitrogens with one attached hydrogen (secondary N) is 1. The van der Waals surface area contributed by atoms with Crippen molar-refractivity contribution in [3.8, 4) is 0 Å². The molecule has 0 heterocycles. The third-order valence-corrected chi connectivity index (χ3v) is 7.53. The molecule has 0 fully saturated rings. The van der Waals surface area contributed by atoms with E-state index in [0.29, 0.717) is 12.8 Å². The number of amides is 1. The highest BCUT2D eigenvalue weighted by Gasteiger charge is 2.19. The summed E-state index contributed by atoms with van der Waals surface area (Å²) in [5.74, 6) is -0.0431. The lowest BCUT2D eigenvalue weighted by atomic mass is 10.0. The first-order chi connectivity index (χ1) is 18.2. The molecule has 4 nitrogen and oxygen atoms in total. The highest BCUT2D eigenvalue weighted by Crippen LogP contribution is 2.14. The van der Waals surface area contributed by atoms with E-state index in [2.05, 4.69) is 31.3 Å². The van der Waals surface area contributed by atoms with E-state index in [4.69, 9.17) is 0 Å². The van der Waals surface area contributed by atoms with Crippen LogP contribution in [0.15, 0.2) is 12.2 Å².